The first-order chi connectivity index (χ1) is 9.67. The number of ether oxygens (including phenoxy) is 1. The van der Waals surface area contributed by atoms with Crippen molar-refractivity contribution in [1.82, 2.24) is 5.32 Å². The van der Waals surface area contributed by atoms with E-state index in [2.05, 4.69) is 53.3 Å². The number of hydrogen-bond acceptors (Lipinski definition) is 2. The molecule has 1 aliphatic heterocycles. The van der Waals surface area contributed by atoms with E-state index in [0.29, 0.717) is 12.1 Å². The van der Waals surface area contributed by atoms with Crippen molar-refractivity contribution in [2.45, 2.75) is 51.7 Å². The second-order valence-corrected chi connectivity index (χ2v) is 7.23. The Hall–Kier alpha value is -0.540. The van der Waals surface area contributed by atoms with Crippen LogP contribution in [0.4, 0.5) is 0 Å². The van der Waals surface area contributed by atoms with Gasteiger partial charge < -0.3 is 10.1 Å². The summed E-state index contributed by atoms with van der Waals surface area (Å²) in [5, 5.41) is 3.75. The van der Waals surface area contributed by atoms with E-state index in [0.717, 1.165) is 35.0 Å². The lowest BCUT2D eigenvalue weighted by Crippen LogP contribution is -2.39. The molecule has 4 unspecified atom stereocenters. The standard InChI is InChI=1S/C17H24BrNO/c1-3-12-4-6-16(11(12)2)19-10-15-9-13-8-14(18)5-7-17(13)20-15/h5,7-8,11-12,15-16,19H,3-4,6,9-10H2,1-2H3. The van der Waals surface area contributed by atoms with Crippen LogP contribution in [0, 0.1) is 11.8 Å². The fraction of sp³-hybridized carbons (Fsp3) is 0.647. The maximum Gasteiger partial charge on any atom is 0.123 e. The number of nitrogens with one attached hydrogen (secondary N) is 1. The van der Waals surface area contributed by atoms with Crippen molar-refractivity contribution in [1.29, 1.82) is 0 Å². The van der Waals surface area contributed by atoms with E-state index in [9.17, 15) is 0 Å². The molecule has 2 aliphatic rings. The summed E-state index contributed by atoms with van der Waals surface area (Å²) >= 11 is 3.53. The number of hydrogen-bond donors (Lipinski definition) is 1. The summed E-state index contributed by atoms with van der Waals surface area (Å²) in [5.74, 6) is 2.77. The van der Waals surface area contributed by atoms with Crippen LogP contribution in [-0.4, -0.2) is 18.7 Å². The normalized spacial score (nSPS) is 32.1. The fourth-order valence-electron chi connectivity index (χ4n) is 3.80. The van der Waals surface area contributed by atoms with Gasteiger partial charge in [0.05, 0.1) is 0 Å². The third kappa shape index (κ3) is 2.89. The van der Waals surface area contributed by atoms with Crippen LogP contribution in [0.15, 0.2) is 22.7 Å². The Balaban J connectivity index is 1.52. The predicted molar refractivity (Wildman–Crippen MR) is 86.2 cm³/mol. The van der Waals surface area contributed by atoms with Crippen molar-refractivity contribution < 1.29 is 4.74 Å². The van der Waals surface area contributed by atoms with E-state index in [1.54, 1.807) is 0 Å². The molecule has 4 atom stereocenters. The van der Waals surface area contributed by atoms with Gasteiger partial charge in [0, 0.05) is 23.5 Å². The van der Waals surface area contributed by atoms with E-state index in [-0.39, 0.29) is 0 Å². The van der Waals surface area contributed by atoms with Crippen LogP contribution in [-0.2, 0) is 6.42 Å². The molecule has 1 aromatic carbocycles. The topological polar surface area (TPSA) is 21.3 Å². The summed E-state index contributed by atoms with van der Waals surface area (Å²) in [6, 6.07) is 6.99. The minimum absolute atomic E-state index is 0.298. The minimum Gasteiger partial charge on any atom is -0.488 e. The van der Waals surface area contributed by atoms with Crippen LogP contribution in [0.3, 0.4) is 0 Å². The van der Waals surface area contributed by atoms with Crippen LogP contribution in [0.2, 0.25) is 0 Å². The van der Waals surface area contributed by atoms with Gasteiger partial charge in [-0.05, 0) is 48.4 Å². The molecule has 0 radical (unpaired) electrons. The Kier molecular flexibility index (Phi) is 4.37. The number of rotatable bonds is 4. The van der Waals surface area contributed by atoms with Gasteiger partial charge in [0.15, 0.2) is 0 Å². The summed E-state index contributed by atoms with van der Waals surface area (Å²) < 4.78 is 7.17. The Morgan fingerprint density at radius 2 is 2.20 bits per heavy atom. The third-order valence-corrected chi connectivity index (χ3v) is 5.62. The van der Waals surface area contributed by atoms with E-state index < -0.39 is 0 Å². The maximum atomic E-state index is 6.03. The molecule has 0 spiro atoms. The molecule has 1 aromatic rings. The van der Waals surface area contributed by atoms with E-state index in [4.69, 9.17) is 4.74 Å². The largest absolute Gasteiger partial charge is 0.488 e. The quantitative estimate of drug-likeness (QED) is 0.890. The molecule has 110 valence electrons. The molecule has 1 aliphatic carbocycles. The SMILES string of the molecule is CCC1CCC(NCC2Cc3cc(Br)ccc3O2)C1C. The summed E-state index contributed by atoms with van der Waals surface area (Å²) in [6.07, 6.45) is 5.35. The molecular formula is C17H24BrNO. The third-order valence-electron chi connectivity index (χ3n) is 5.12. The molecule has 0 aromatic heterocycles. The van der Waals surface area contributed by atoms with Crippen molar-refractivity contribution in [3.8, 4) is 5.75 Å². The Bertz CT molecular complexity index is 476. The molecule has 20 heavy (non-hydrogen) atoms. The number of benzene rings is 1. The first kappa shape index (κ1) is 14.4. The Morgan fingerprint density at radius 3 is 2.95 bits per heavy atom. The van der Waals surface area contributed by atoms with Crippen molar-refractivity contribution in [2.24, 2.45) is 11.8 Å². The van der Waals surface area contributed by atoms with Gasteiger partial charge in [-0.25, -0.2) is 0 Å². The highest BCUT2D eigenvalue weighted by atomic mass is 79.9. The smallest absolute Gasteiger partial charge is 0.123 e. The van der Waals surface area contributed by atoms with Gasteiger partial charge in [0.2, 0.25) is 0 Å². The summed E-state index contributed by atoms with van der Waals surface area (Å²) in [7, 11) is 0. The first-order valence-electron chi connectivity index (χ1n) is 7.85. The zero-order valence-electron chi connectivity index (χ0n) is 12.4. The predicted octanol–water partition coefficient (Wildman–Crippen LogP) is 4.17. The first-order valence-corrected chi connectivity index (χ1v) is 8.65. The van der Waals surface area contributed by atoms with Gasteiger partial charge in [0.25, 0.3) is 0 Å². The van der Waals surface area contributed by atoms with Crippen molar-refractivity contribution in [2.75, 3.05) is 6.54 Å². The molecule has 0 bridgehead atoms. The Labute approximate surface area is 130 Å². The van der Waals surface area contributed by atoms with Crippen LogP contribution in [0.1, 0.15) is 38.7 Å². The lowest BCUT2D eigenvalue weighted by molar-refractivity contribution is 0.213. The maximum absolute atomic E-state index is 6.03. The average Bonchev–Trinajstić information content (AvgIpc) is 2.99. The molecule has 3 heteroatoms. The molecule has 0 amide bonds. The zero-order chi connectivity index (χ0) is 14.1. The average molecular weight is 338 g/mol. The van der Waals surface area contributed by atoms with E-state index in [1.807, 2.05) is 0 Å². The molecule has 1 saturated carbocycles. The summed E-state index contributed by atoms with van der Waals surface area (Å²) in [6.45, 7) is 5.69. The van der Waals surface area contributed by atoms with Gasteiger partial charge in [-0.1, -0.05) is 36.2 Å². The minimum atomic E-state index is 0.298. The highest BCUT2D eigenvalue weighted by Gasteiger charge is 2.32. The second kappa shape index (κ2) is 6.07. The second-order valence-electron chi connectivity index (χ2n) is 6.32. The van der Waals surface area contributed by atoms with Gasteiger partial charge in [-0.15, -0.1) is 0 Å². The lowest BCUT2D eigenvalue weighted by Gasteiger charge is -2.22. The monoisotopic (exact) mass is 337 g/mol. The van der Waals surface area contributed by atoms with Crippen LogP contribution < -0.4 is 10.1 Å². The van der Waals surface area contributed by atoms with E-state index in [1.165, 1.54) is 24.8 Å². The van der Waals surface area contributed by atoms with Crippen LogP contribution in [0.25, 0.3) is 0 Å². The molecule has 2 nitrogen and oxygen atoms in total. The molecular weight excluding hydrogens is 314 g/mol. The summed E-state index contributed by atoms with van der Waals surface area (Å²) in [5.41, 5.74) is 1.33. The van der Waals surface area contributed by atoms with Crippen molar-refractivity contribution in [3.05, 3.63) is 28.2 Å². The zero-order valence-corrected chi connectivity index (χ0v) is 13.9. The van der Waals surface area contributed by atoms with Gasteiger partial charge >= 0.3 is 0 Å². The van der Waals surface area contributed by atoms with Gasteiger partial charge in [-0.2, -0.15) is 0 Å². The van der Waals surface area contributed by atoms with Crippen molar-refractivity contribution >= 4 is 15.9 Å². The van der Waals surface area contributed by atoms with E-state index >= 15 is 0 Å². The highest BCUT2D eigenvalue weighted by Crippen LogP contribution is 2.34. The number of fused-ring (bicyclic) bond motifs is 1. The molecule has 1 fully saturated rings. The van der Waals surface area contributed by atoms with Crippen LogP contribution in [0.5, 0.6) is 5.75 Å². The lowest BCUT2D eigenvalue weighted by atomic mass is 9.93. The number of halogens is 1. The van der Waals surface area contributed by atoms with Crippen LogP contribution >= 0.6 is 15.9 Å². The van der Waals surface area contributed by atoms with Gasteiger partial charge in [-0.3, -0.25) is 0 Å². The fourth-order valence-corrected chi connectivity index (χ4v) is 4.21. The molecule has 1 heterocycles. The molecule has 3 rings (SSSR count). The molecule has 1 N–H and O–H groups in total. The van der Waals surface area contributed by atoms with Crippen molar-refractivity contribution in [3.63, 3.8) is 0 Å². The molecule has 0 saturated heterocycles. The summed E-state index contributed by atoms with van der Waals surface area (Å²) in [4.78, 5) is 0. The highest BCUT2D eigenvalue weighted by molar-refractivity contribution is 9.10. The Morgan fingerprint density at radius 1 is 1.35 bits per heavy atom. The van der Waals surface area contributed by atoms with Gasteiger partial charge in [0.1, 0.15) is 11.9 Å².